The van der Waals surface area contributed by atoms with Crippen LogP contribution in [-0.4, -0.2) is 48.6 Å². The predicted molar refractivity (Wildman–Crippen MR) is 103 cm³/mol. The highest BCUT2D eigenvalue weighted by molar-refractivity contribution is 14.0. The number of carbonyl (C=O) groups excluding carboxylic acids is 1. The summed E-state index contributed by atoms with van der Waals surface area (Å²) >= 11 is 1.68. The molecule has 1 aromatic rings. The van der Waals surface area contributed by atoms with E-state index in [-0.39, 0.29) is 35.9 Å². The average molecular weight is 452 g/mol. The fraction of sp³-hybridized carbons (Fsp3) is 0.667. The number of likely N-dealkylation sites (tertiary alicyclic amines) is 1. The molecule has 0 spiro atoms. The zero-order chi connectivity index (χ0) is 15.9. The molecule has 2 rings (SSSR count). The Bertz CT molecular complexity index is 527. The van der Waals surface area contributed by atoms with Crippen molar-refractivity contribution in [2.75, 3.05) is 26.7 Å². The summed E-state index contributed by atoms with van der Waals surface area (Å²) in [7, 11) is 1.46. The molecule has 1 aliphatic rings. The number of carbonyl (C=O) groups is 1. The van der Waals surface area contributed by atoms with E-state index in [1.807, 2.05) is 13.1 Å². The summed E-state index contributed by atoms with van der Waals surface area (Å²) in [5.74, 6) is 0.840. The van der Waals surface area contributed by atoms with Gasteiger partial charge in [-0.2, -0.15) is 0 Å². The van der Waals surface area contributed by atoms with Gasteiger partial charge >= 0.3 is 5.97 Å². The first-order chi connectivity index (χ1) is 10.6. The Morgan fingerprint density at radius 3 is 2.74 bits per heavy atom. The molecular formula is C15H25IN4O2S. The van der Waals surface area contributed by atoms with E-state index >= 15 is 0 Å². The Kier molecular flexibility index (Phi) is 8.82. The van der Waals surface area contributed by atoms with Gasteiger partial charge in [-0.3, -0.25) is 4.79 Å². The van der Waals surface area contributed by atoms with Crippen molar-refractivity contribution in [2.45, 2.75) is 33.2 Å². The molecule has 0 unspecified atom stereocenters. The lowest BCUT2D eigenvalue weighted by molar-refractivity contribution is -0.146. The van der Waals surface area contributed by atoms with E-state index in [0.29, 0.717) is 6.54 Å². The van der Waals surface area contributed by atoms with Crippen LogP contribution in [0.15, 0.2) is 11.2 Å². The van der Waals surface area contributed by atoms with Gasteiger partial charge in [0, 0.05) is 30.7 Å². The van der Waals surface area contributed by atoms with Crippen molar-refractivity contribution < 1.29 is 9.53 Å². The van der Waals surface area contributed by atoms with Gasteiger partial charge in [0.1, 0.15) is 0 Å². The second kappa shape index (κ2) is 10.1. The fourth-order valence-electron chi connectivity index (χ4n) is 2.55. The molecule has 0 saturated carbocycles. The van der Waals surface area contributed by atoms with E-state index in [9.17, 15) is 4.79 Å². The third-order valence-corrected chi connectivity index (χ3v) is 4.62. The lowest BCUT2D eigenvalue weighted by Gasteiger charge is -2.33. The molecule has 1 aromatic heterocycles. The van der Waals surface area contributed by atoms with Crippen molar-refractivity contribution in [3.05, 3.63) is 16.1 Å². The summed E-state index contributed by atoms with van der Waals surface area (Å²) in [6, 6.07) is 0. The maximum Gasteiger partial charge on any atom is 0.308 e. The number of aromatic nitrogens is 1. The van der Waals surface area contributed by atoms with Gasteiger partial charge in [0.05, 0.1) is 24.6 Å². The summed E-state index contributed by atoms with van der Waals surface area (Å²) in [5.41, 5.74) is 0. The molecule has 130 valence electrons. The quantitative estimate of drug-likeness (QED) is 0.329. The summed E-state index contributed by atoms with van der Waals surface area (Å²) in [6.07, 6.45) is 3.52. The summed E-state index contributed by atoms with van der Waals surface area (Å²) < 4.78 is 4.83. The topological polar surface area (TPSA) is 66.8 Å². The van der Waals surface area contributed by atoms with Gasteiger partial charge in [-0.15, -0.1) is 35.3 Å². The van der Waals surface area contributed by atoms with Gasteiger partial charge in [-0.25, -0.2) is 9.98 Å². The predicted octanol–water partition coefficient (Wildman–Crippen LogP) is 2.42. The molecule has 2 heterocycles. The second-order valence-electron chi connectivity index (χ2n) is 5.30. The second-order valence-corrected chi connectivity index (χ2v) is 6.62. The first-order valence-corrected chi connectivity index (χ1v) is 8.48. The molecule has 1 saturated heterocycles. The SMILES string of the molecule is CCNC(=NCc1cnc(C)s1)N1CCC(C(=O)OC)CC1.I. The summed E-state index contributed by atoms with van der Waals surface area (Å²) in [6.45, 7) is 7.19. The highest BCUT2D eigenvalue weighted by atomic mass is 127. The van der Waals surface area contributed by atoms with Gasteiger partial charge in [0.25, 0.3) is 0 Å². The van der Waals surface area contributed by atoms with Crippen molar-refractivity contribution in [3.63, 3.8) is 0 Å². The van der Waals surface area contributed by atoms with Crippen molar-refractivity contribution in [1.82, 2.24) is 15.2 Å². The van der Waals surface area contributed by atoms with Gasteiger partial charge in [-0.05, 0) is 26.7 Å². The number of thiazole rings is 1. The number of aliphatic imine (C=N–C) groups is 1. The minimum Gasteiger partial charge on any atom is -0.469 e. The molecule has 1 fully saturated rings. The molecule has 1 aliphatic heterocycles. The van der Waals surface area contributed by atoms with E-state index in [1.54, 1.807) is 11.3 Å². The van der Waals surface area contributed by atoms with E-state index < -0.39 is 0 Å². The average Bonchev–Trinajstić information content (AvgIpc) is 2.96. The first-order valence-electron chi connectivity index (χ1n) is 7.66. The van der Waals surface area contributed by atoms with Gasteiger partial charge in [-0.1, -0.05) is 0 Å². The van der Waals surface area contributed by atoms with Crippen LogP contribution in [0.1, 0.15) is 29.7 Å². The highest BCUT2D eigenvalue weighted by Crippen LogP contribution is 2.19. The number of piperidine rings is 1. The number of esters is 1. The van der Waals surface area contributed by atoms with Crippen LogP contribution in [0, 0.1) is 12.8 Å². The third kappa shape index (κ3) is 5.91. The van der Waals surface area contributed by atoms with Crippen LogP contribution in [-0.2, 0) is 16.1 Å². The fourth-order valence-corrected chi connectivity index (χ4v) is 3.27. The smallest absolute Gasteiger partial charge is 0.308 e. The Morgan fingerprint density at radius 2 is 2.22 bits per heavy atom. The standard InChI is InChI=1S/C15H24N4O2S.HI/c1-4-16-15(18-10-13-9-17-11(2)22-13)19-7-5-12(6-8-19)14(20)21-3;/h9,12H,4-8,10H2,1-3H3,(H,16,18);1H. The number of hydrogen-bond donors (Lipinski definition) is 1. The molecule has 1 N–H and O–H groups in total. The lowest BCUT2D eigenvalue weighted by atomic mass is 9.97. The van der Waals surface area contributed by atoms with E-state index in [4.69, 9.17) is 9.73 Å². The largest absolute Gasteiger partial charge is 0.469 e. The molecular weight excluding hydrogens is 427 g/mol. The number of hydrogen-bond acceptors (Lipinski definition) is 5. The molecule has 0 aliphatic carbocycles. The highest BCUT2D eigenvalue weighted by Gasteiger charge is 2.26. The number of rotatable bonds is 4. The molecule has 0 amide bonds. The molecule has 0 bridgehead atoms. The third-order valence-electron chi connectivity index (χ3n) is 3.72. The molecule has 0 aromatic carbocycles. The van der Waals surface area contributed by atoms with Crippen molar-refractivity contribution in [3.8, 4) is 0 Å². The Labute approximate surface area is 158 Å². The van der Waals surface area contributed by atoms with Crippen molar-refractivity contribution in [1.29, 1.82) is 0 Å². The van der Waals surface area contributed by atoms with Crippen LogP contribution in [0.2, 0.25) is 0 Å². The number of ether oxygens (including phenoxy) is 1. The summed E-state index contributed by atoms with van der Waals surface area (Å²) in [5, 5.41) is 4.40. The van der Waals surface area contributed by atoms with Crippen LogP contribution in [0.5, 0.6) is 0 Å². The van der Waals surface area contributed by atoms with Gasteiger partial charge in [0.2, 0.25) is 0 Å². The van der Waals surface area contributed by atoms with Gasteiger partial charge in [0.15, 0.2) is 5.96 Å². The van der Waals surface area contributed by atoms with Gasteiger partial charge < -0.3 is 15.0 Å². The number of methoxy groups -OCH3 is 1. The molecule has 8 heteroatoms. The minimum atomic E-state index is -0.0956. The van der Waals surface area contributed by atoms with E-state index in [2.05, 4.69) is 22.1 Å². The van der Waals surface area contributed by atoms with Crippen molar-refractivity contribution >= 4 is 47.2 Å². The maximum absolute atomic E-state index is 11.6. The van der Waals surface area contributed by atoms with Crippen molar-refractivity contribution in [2.24, 2.45) is 10.9 Å². The monoisotopic (exact) mass is 452 g/mol. The van der Waals surface area contributed by atoms with Crippen LogP contribution in [0.4, 0.5) is 0 Å². The molecule has 23 heavy (non-hydrogen) atoms. The molecule has 0 radical (unpaired) electrons. The molecule has 0 atom stereocenters. The Morgan fingerprint density at radius 1 is 1.52 bits per heavy atom. The normalized spacial score (nSPS) is 16.0. The summed E-state index contributed by atoms with van der Waals surface area (Å²) in [4.78, 5) is 23.9. The maximum atomic E-state index is 11.6. The number of guanidine groups is 1. The van der Waals surface area contributed by atoms with E-state index in [0.717, 1.165) is 48.3 Å². The van der Waals surface area contributed by atoms with Crippen LogP contribution >= 0.6 is 35.3 Å². The Balaban J connectivity index is 0.00000264. The van der Waals surface area contributed by atoms with Crippen LogP contribution in [0.3, 0.4) is 0 Å². The zero-order valence-electron chi connectivity index (χ0n) is 13.9. The lowest BCUT2D eigenvalue weighted by Crippen LogP contribution is -2.46. The molecule has 6 nitrogen and oxygen atoms in total. The van der Waals surface area contributed by atoms with Crippen LogP contribution in [0.25, 0.3) is 0 Å². The van der Waals surface area contributed by atoms with E-state index in [1.165, 1.54) is 7.11 Å². The zero-order valence-corrected chi connectivity index (χ0v) is 17.0. The minimum absolute atomic E-state index is 0. The first kappa shape index (κ1) is 20.1. The number of halogens is 1. The van der Waals surface area contributed by atoms with Crippen LogP contribution < -0.4 is 5.32 Å². The number of nitrogens with one attached hydrogen (secondary N) is 1. The number of nitrogens with zero attached hydrogens (tertiary/aromatic N) is 3. The number of aryl methyl sites for hydroxylation is 1. The Hall–Kier alpha value is -0.900.